The van der Waals surface area contributed by atoms with Crippen molar-refractivity contribution >= 4 is 11.8 Å². The molecule has 1 N–H and O–H groups in total. The number of hydrogen-bond donors (Lipinski definition) is 1. The molecule has 0 aliphatic carbocycles. The molecule has 4 heteroatoms. The summed E-state index contributed by atoms with van der Waals surface area (Å²) >= 11 is 0. The summed E-state index contributed by atoms with van der Waals surface area (Å²) in [6, 6.07) is 5.14. The first-order valence-corrected chi connectivity index (χ1v) is 5.29. The van der Waals surface area contributed by atoms with E-state index < -0.39 is 5.97 Å². The van der Waals surface area contributed by atoms with E-state index >= 15 is 0 Å². The lowest BCUT2D eigenvalue weighted by molar-refractivity contribution is -0.138. The third kappa shape index (κ3) is 3.81. The van der Waals surface area contributed by atoms with Crippen LogP contribution >= 0.6 is 0 Å². The molecule has 86 valence electrons. The molecule has 0 spiro atoms. The van der Waals surface area contributed by atoms with Crippen LogP contribution in [-0.2, 0) is 4.79 Å². The van der Waals surface area contributed by atoms with Gasteiger partial charge in [-0.05, 0) is 18.1 Å². The quantitative estimate of drug-likeness (QED) is 0.747. The van der Waals surface area contributed by atoms with Gasteiger partial charge in [-0.15, -0.1) is 0 Å². The van der Waals surface area contributed by atoms with Crippen LogP contribution in [-0.4, -0.2) is 21.8 Å². The Morgan fingerprint density at radius 1 is 1.38 bits per heavy atom. The molecule has 1 atom stereocenters. The summed E-state index contributed by atoms with van der Waals surface area (Å²) in [4.78, 5) is 26.2. The molecule has 1 aromatic heterocycles. The Hall–Kier alpha value is -1.71. The Labute approximate surface area is 94.3 Å². The number of carbonyl (C=O) groups excluding carboxylic acids is 1. The summed E-state index contributed by atoms with van der Waals surface area (Å²) in [5.41, 5.74) is 0.409. The molecule has 0 radical (unpaired) electrons. The van der Waals surface area contributed by atoms with E-state index in [-0.39, 0.29) is 24.5 Å². The van der Waals surface area contributed by atoms with E-state index in [1.165, 1.54) is 0 Å². The molecule has 0 amide bonds. The Morgan fingerprint density at radius 3 is 2.62 bits per heavy atom. The molecule has 0 saturated carbocycles. The topological polar surface area (TPSA) is 67.3 Å². The molecular formula is C12H15NO3. The highest BCUT2D eigenvalue weighted by Gasteiger charge is 2.17. The number of carboxylic acid groups (broad SMARTS) is 1. The zero-order valence-corrected chi connectivity index (χ0v) is 9.22. The van der Waals surface area contributed by atoms with Crippen LogP contribution in [0.5, 0.6) is 0 Å². The summed E-state index contributed by atoms with van der Waals surface area (Å²) in [5.74, 6) is -1.05. The molecule has 0 bridgehead atoms. The smallest absolute Gasteiger partial charge is 0.303 e. The van der Waals surface area contributed by atoms with Gasteiger partial charge in [0.15, 0.2) is 5.78 Å². The van der Waals surface area contributed by atoms with Gasteiger partial charge in [0.1, 0.15) is 5.69 Å². The molecule has 1 rings (SSSR count). The van der Waals surface area contributed by atoms with Crippen LogP contribution in [0.2, 0.25) is 0 Å². The minimum atomic E-state index is -0.860. The van der Waals surface area contributed by atoms with E-state index in [1.807, 2.05) is 6.92 Å². The lowest BCUT2D eigenvalue weighted by atomic mass is 9.95. The lowest BCUT2D eigenvalue weighted by Gasteiger charge is -2.10. The monoisotopic (exact) mass is 221 g/mol. The van der Waals surface area contributed by atoms with E-state index in [9.17, 15) is 9.59 Å². The van der Waals surface area contributed by atoms with Gasteiger partial charge in [0.25, 0.3) is 0 Å². The second kappa shape index (κ2) is 6.00. The number of pyridine rings is 1. The van der Waals surface area contributed by atoms with Crippen LogP contribution in [0.15, 0.2) is 24.4 Å². The number of Topliss-reactive ketones (excluding diaryl/α,β-unsaturated/α-hetero) is 1. The maximum Gasteiger partial charge on any atom is 0.303 e. The predicted octanol–water partition coefficient (Wildman–Crippen LogP) is 2.16. The molecule has 0 fully saturated rings. The molecule has 0 aromatic carbocycles. The minimum Gasteiger partial charge on any atom is -0.481 e. The van der Waals surface area contributed by atoms with Crippen LogP contribution < -0.4 is 0 Å². The summed E-state index contributed by atoms with van der Waals surface area (Å²) in [5, 5.41) is 8.67. The SMILES string of the molecule is CCC(CC(=O)O)CC(=O)c1ccccn1. The van der Waals surface area contributed by atoms with Gasteiger partial charge in [0.2, 0.25) is 0 Å². The van der Waals surface area contributed by atoms with Crippen LogP contribution in [0.4, 0.5) is 0 Å². The second-order valence-corrected chi connectivity index (χ2v) is 3.71. The normalized spacial score (nSPS) is 12.1. The molecule has 0 aliphatic rings. The van der Waals surface area contributed by atoms with Gasteiger partial charge < -0.3 is 5.11 Å². The Balaban J connectivity index is 2.59. The van der Waals surface area contributed by atoms with Crippen LogP contribution in [0, 0.1) is 5.92 Å². The van der Waals surface area contributed by atoms with Gasteiger partial charge in [0.05, 0.1) is 0 Å². The van der Waals surface area contributed by atoms with Crippen molar-refractivity contribution in [3.8, 4) is 0 Å². The highest BCUT2D eigenvalue weighted by Crippen LogP contribution is 2.15. The van der Waals surface area contributed by atoms with Gasteiger partial charge in [-0.2, -0.15) is 0 Å². The molecule has 0 aliphatic heterocycles. The number of aliphatic carboxylic acids is 1. The summed E-state index contributed by atoms with van der Waals surface area (Å²) in [6.07, 6.45) is 2.53. The number of carboxylic acids is 1. The molecule has 1 aromatic rings. The largest absolute Gasteiger partial charge is 0.481 e. The van der Waals surface area contributed by atoms with Crippen LogP contribution in [0.3, 0.4) is 0 Å². The molecule has 1 heterocycles. The van der Waals surface area contributed by atoms with E-state index in [1.54, 1.807) is 24.4 Å². The van der Waals surface area contributed by atoms with E-state index in [0.717, 1.165) is 0 Å². The summed E-state index contributed by atoms with van der Waals surface area (Å²) in [6.45, 7) is 1.89. The van der Waals surface area contributed by atoms with Crippen molar-refractivity contribution in [2.24, 2.45) is 5.92 Å². The Kier molecular flexibility index (Phi) is 4.64. The van der Waals surface area contributed by atoms with Crippen molar-refractivity contribution in [3.63, 3.8) is 0 Å². The van der Waals surface area contributed by atoms with Crippen molar-refractivity contribution in [2.75, 3.05) is 0 Å². The van der Waals surface area contributed by atoms with Gasteiger partial charge in [-0.25, -0.2) is 0 Å². The van der Waals surface area contributed by atoms with Crippen molar-refractivity contribution in [1.29, 1.82) is 0 Å². The first-order chi connectivity index (χ1) is 7.63. The van der Waals surface area contributed by atoms with Crippen molar-refractivity contribution in [2.45, 2.75) is 26.2 Å². The van der Waals surface area contributed by atoms with Crippen molar-refractivity contribution in [1.82, 2.24) is 4.98 Å². The maximum atomic E-state index is 11.7. The maximum absolute atomic E-state index is 11.7. The number of hydrogen-bond acceptors (Lipinski definition) is 3. The van der Waals surface area contributed by atoms with Crippen molar-refractivity contribution in [3.05, 3.63) is 30.1 Å². The minimum absolute atomic E-state index is 0.0368. The average Bonchev–Trinajstić information content (AvgIpc) is 2.28. The molecule has 0 saturated heterocycles. The van der Waals surface area contributed by atoms with Crippen LogP contribution in [0.25, 0.3) is 0 Å². The fraction of sp³-hybridized carbons (Fsp3) is 0.417. The summed E-state index contributed by atoms with van der Waals surface area (Å²) in [7, 11) is 0. The number of ketones is 1. The third-order valence-corrected chi connectivity index (χ3v) is 2.47. The fourth-order valence-electron chi connectivity index (χ4n) is 1.50. The first kappa shape index (κ1) is 12.4. The summed E-state index contributed by atoms with van der Waals surface area (Å²) < 4.78 is 0. The zero-order valence-electron chi connectivity index (χ0n) is 9.22. The standard InChI is InChI=1S/C12H15NO3/c1-2-9(8-12(15)16)7-11(14)10-5-3-4-6-13-10/h3-6,9H,2,7-8H2,1H3,(H,15,16). The second-order valence-electron chi connectivity index (χ2n) is 3.71. The Bertz CT molecular complexity index is 362. The molecule has 1 unspecified atom stereocenters. The highest BCUT2D eigenvalue weighted by molar-refractivity contribution is 5.94. The van der Waals surface area contributed by atoms with E-state index in [4.69, 9.17) is 5.11 Å². The molecular weight excluding hydrogens is 206 g/mol. The van der Waals surface area contributed by atoms with Gasteiger partial charge in [0, 0.05) is 19.0 Å². The van der Waals surface area contributed by atoms with Gasteiger partial charge >= 0.3 is 5.97 Å². The highest BCUT2D eigenvalue weighted by atomic mass is 16.4. The van der Waals surface area contributed by atoms with Gasteiger partial charge in [-0.1, -0.05) is 19.4 Å². The lowest BCUT2D eigenvalue weighted by Crippen LogP contribution is -2.13. The van der Waals surface area contributed by atoms with E-state index in [2.05, 4.69) is 4.98 Å². The number of carbonyl (C=O) groups is 2. The molecule has 4 nitrogen and oxygen atoms in total. The zero-order chi connectivity index (χ0) is 12.0. The van der Waals surface area contributed by atoms with Gasteiger partial charge in [-0.3, -0.25) is 14.6 Å². The van der Waals surface area contributed by atoms with E-state index in [0.29, 0.717) is 12.1 Å². The molecule has 16 heavy (non-hydrogen) atoms. The fourth-order valence-corrected chi connectivity index (χ4v) is 1.50. The number of rotatable bonds is 6. The number of aromatic nitrogens is 1. The number of nitrogens with zero attached hydrogens (tertiary/aromatic N) is 1. The third-order valence-electron chi connectivity index (χ3n) is 2.47. The predicted molar refractivity (Wildman–Crippen MR) is 59.2 cm³/mol. The first-order valence-electron chi connectivity index (χ1n) is 5.29. The van der Waals surface area contributed by atoms with Crippen molar-refractivity contribution < 1.29 is 14.7 Å². The Morgan fingerprint density at radius 2 is 2.12 bits per heavy atom. The average molecular weight is 221 g/mol. The van der Waals surface area contributed by atoms with Crippen LogP contribution in [0.1, 0.15) is 36.7 Å².